The maximum absolute atomic E-state index is 6.00. The van der Waals surface area contributed by atoms with Crippen LogP contribution in [-0.4, -0.2) is 19.9 Å². The molecule has 1 unspecified atom stereocenters. The van der Waals surface area contributed by atoms with Crippen molar-refractivity contribution in [3.63, 3.8) is 0 Å². The minimum absolute atomic E-state index is 0.0783. The van der Waals surface area contributed by atoms with E-state index in [1.807, 2.05) is 0 Å². The number of H-pyrrole nitrogens is 1. The monoisotopic (exact) mass is 217 g/mol. The SMILES string of the molecule is CC(C)C(N)c1ncc(-c2cnccn2)[nH]1. The van der Waals surface area contributed by atoms with Crippen molar-refractivity contribution in [3.05, 3.63) is 30.6 Å². The molecule has 84 valence electrons. The largest absolute Gasteiger partial charge is 0.339 e. The molecule has 0 amide bonds. The Balaban J connectivity index is 2.27. The number of rotatable bonds is 3. The number of aromatic nitrogens is 4. The predicted molar refractivity (Wildman–Crippen MR) is 61.4 cm³/mol. The van der Waals surface area contributed by atoms with Crippen LogP contribution in [0.5, 0.6) is 0 Å². The molecule has 5 heteroatoms. The third kappa shape index (κ3) is 2.09. The van der Waals surface area contributed by atoms with Crippen LogP contribution in [0.1, 0.15) is 25.7 Å². The molecule has 2 heterocycles. The fraction of sp³-hybridized carbons (Fsp3) is 0.364. The lowest BCUT2D eigenvalue weighted by molar-refractivity contribution is 0.494. The van der Waals surface area contributed by atoms with Gasteiger partial charge in [-0.15, -0.1) is 0 Å². The Morgan fingerprint density at radius 1 is 1.19 bits per heavy atom. The lowest BCUT2D eigenvalue weighted by Gasteiger charge is -2.11. The van der Waals surface area contributed by atoms with Gasteiger partial charge in [0.25, 0.3) is 0 Å². The van der Waals surface area contributed by atoms with Crippen molar-refractivity contribution in [3.8, 4) is 11.4 Å². The summed E-state index contributed by atoms with van der Waals surface area (Å²) in [5, 5.41) is 0. The van der Waals surface area contributed by atoms with Gasteiger partial charge in [0.2, 0.25) is 0 Å². The van der Waals surface area contributed by atoms with Crippen LogP contribution in [-0.2, 0) is 0 Å². The number of imidazole rings is 1. The van der Waals surface area contributed by atoms with Gasteiger partial charge in [-0.25, -0.2) is 4.98 Å². The van der Waals surface area contributed by atoms with Crippen molar-refractivity contribution in [2.45, 2.75) is 19.9 Å². The molecule has 16 heavy (non-hydrogen) atoms. The Bertz CT molecular complexity index is 448. The van der Waals surface area contributed by atoms with Gasteiger partial charge >= 0.3 is 0 Å². The number of hydrogen-bond donors (Lipinski definition) is 2. The quantitative estimate of drug-likeness (QED) is 0.816. The van der Waals surface area contributed by atoms with Gasteiger partial charge in [-0.05, 0) is 5.92 Å². The summed E-state index contributed by atoms with van der Waals surface area (Å²) < 4.78 is 0. The Kier molecular flexibility index (Phi) is 2.96. The highest BCUT2D eigenvalue weighted by Gasteiger charge is 2.14. The van der Waals surface area contributed by atoms with Crippen LogP contribution in [0.3, 0.4) is 0 Å². The summed E-state index contributed by atoms with van der Waals surface area (Å²) in [6.45, 7) is 4.13. The Morgan fingerprint density at radius 2 is 2.00 bits per heavy atom. The molecule has 5 nitrogen and oxygen atoms in total. The first kappa shape index (κ1) is 10.8. The van der Waals surface area contributed by atoms with Crippen LogP contribution in [0.25, 0.3) is 11.4 Å². The highest BCUT2D eigenvalue weighted by molar-refractivity contribution is 5.51. The third-order valence-corrected chi connectivity index (χ3v) is 2.47. The van der Waals surface area contributed by atoms with Crippen molar-refractivity contribution in [1.29, 1.82) is 0 Å². The summed E-state index contributed by atoms with van der Waals surface area (Å²) in [5.74, 6) is 1.14. The number of aromatic amines is 1. The van der Waals surface area contributed by atoms with Crippen LogP contribution in [0.4, 0.5) is 0 Å². The molecular weight excluding hydrogens is 202 g/mol. The standard InChI is InChI=1S/C11H15N5/c1-7(2)10(12)11-15-6-9(16-11)8-5-13-3-4-14-8/h3-7,10H,12H2,1-2H3,(H,15,16). The van der Waals surface area contributed by atoms with E-state index >= 15 is 0 Å². The number of nitrogens with zero attached hydrogens (tertiary/aromatic N) is 3. The highest BCUT2D eigenvalue weighted by atomic mass is 15.0. The highest BCUT2D eigenvalue weighted by Crippen LogP contribution is 2.19. The normalized spacial score (nSPS) is 13.0. The second-order valence-corrected chi connectivity index (χ2v) is 4.04. The van der Waals surface area contributed by atoms with Crippen LogP contribution in [0.15, 0.2) is 24.8 Å². The van der Waals surface area contributed by atoms with Gasteiger partial charge in [0.05, 0.1) is 24.1 Å². The first-order valence-corrected chi connectivity index (χ1v) is 5.25. The van der Waals surface area contributed by atoms with E-state index in [9.17, 15) is 0 Å². The molecule has 2 rings (SSSR count). The van der Waals surface area contributed by atoms with Gasteiger partial charge in [-0.3, -0.25) is 9.97 Å². The summed E-state index contributed by atoms with van der Waals surface area (Å²) in [4.78, 5) is 15.6. The van der Waals surface area contributed by atoms with Gasteiger partial charge in [0, 0.05) is 12.4 Å². The van der Waals surface area contributed by atoms with Gasteiger partial charge in [0.15, 0.2) is 0 Å². The van der Waals surface area contributed by atoms with Crippen LogP contribution >= 0.6 is 0 Å². The van der Waals surface area contributed by atoms with E-state index in [1.165, 1.54) is 0 Å². The summed E-state index contributed by atoms with van der Waals surface area (Å²) in [7, 11) is 0. The molecule has 0 saturated carbocycles. The lowest BCUT2D eigenvalue weighted by atomic mass is 10.1. The van der Waals surface area contributed by atoms with Gasteiger partial charge in [-0.1, -0.05) is 13.8 Å². The number of nitrogens with one attached hydrogen (secondary N) is 1. The second kappa shape index (κ2) is 4.40. The Labute approximate surface area is 94.2 Å². The third-order valence-electron chi connectivity index (χ3n) is 2.47. The molecule has 2 aromatic heterocycles. The van der Waals surface area contributed by atoms with Crippen LogP contribution < -0.4 is 5.73 Å². The smallest absolute Gasteiger partial charge is 0.123 e. The zero-order valence-corrected chi connectivity index (χ0v) is 9.38. The van der Waals surface area contributed by atoms with Crippen molar-refractivity contribution in [2.24, 2.45) is 11.7 Å². The summed E-state index contributed by atoms with van der Waals surface area (Å²) in [6, 6.07) is -0.0783. The fourth-order valence-corrected chi connectivity index (χ4v) is 1.39. The maximum Gasteiger partial charge on any atom is 0.123 e. The van der Waals surface area contributed by atoms with E-state index in [-0.39, 0.29) is 6.04 Å². The van der Waals surface area contributed by atoms with Crippen molar-refractivity contribution < 1.29 is 0 Å². The first-order valence-electron chi connectivity index (χ1n) is 5.25. The van der Waals surface area contributed by atoms with E-state index in [1.54, 1.807) is 24.8 Å². The number of nitrogens with two attached hydrogens (primary N) is 1. The van der Waals surface area contributed by atoms with E-state index in [4.69, 9.17) is 5.73 Å². The summed E-state index contributed by atoms with van der Waals surface area (Å²) >= 11 is 0. The average molecular weight is 217 g/mol. The molecule has 0 bridgehead atoms. The van der Waals surface area contributed by atoms with E-state index in [0.29, 0.717) is 5.92 Å². The van der Waals surface area contributed by atoms with Gasteiger partial charge < -0.3 is 10.7 Å². The molecule has 0 saturated heterocycles. The molecular formula is C11H15N5. The van der Waals surface area contributed by atoms with Crippen LogP contribution in [0, 0.1) is 5.92 Å². The molecule has 0 aromatic carbocycles. The fourth-order valence-electron chi connectivity index (χ4n) is 1.39. The topological polar surface area (TPSA) is 80.5 Å². The molecule has 1 atom stereocenters. The molecule has 0 aliphatic rings. The summed E-state index contributed by atoms with van der Waals surface area (Å²) in [6.07, 6.45) is 6.72. The molecule has 0 aliphatic carbocycles. The predicted octanol–water partition coefficient (Wildman–Crippen LogP) is 1.52. The molecule has 2 aromatic rings. The van der Waals surface area contributed by atoms with E-state index in [0.717, 1.165) is 17.2 Å². The molecule has 0 aliphatic heterocycles. The summed E-state index contributed by atoms with van der Waals surface area (Å²) in [5.41, 5.74) is 7.62. The zero-order valence-electron chi connectivity index (χ0n) is 9.38. The van der Waals surface area contributed by atoms with Crippen molar-refractivity contribution in [2.75, 3.05) is 0 Å². The average Bonchev–Trinajstić information content (AvgIpc) is 2.78. The van der Waals surface area contributed by atoms with Gasteiger partial charge in [0.1, 0.15) is 11.5 Å². The molecule has 0 radical (unpaired) electrons. The molecule has 0 fully saturated rings. The molecule has 3 N–H and O–H groups in total. The van der Waals surface area contributed by atoms with E-state index < -0.39 is 0 Å². The van der Waals surface area contributed by atoms with Crippen LogP contribution in [0.2, 0.25) is 0 Å². The minimum atomic E-state index is -0.0783. The zero-order chi connectivity index (χ0) is 11.5. The Hall–Kier alpha value is -1.75. The Morgan fingerprint density at radius 3 is 2.62 bits per heavy atom. The van der Waals surface area contributed by atoms with Crippen molar-refractivity contribution in [1.82, 2.24) is 19.9 Å². The lowest BCUT2D eigenvalue weighted by Crippen LogP contribution is -2.18. The molecule has 0 spiro atoms. The van der Waals surface area contributed by atoms with E-state index in [2.05, 4.69) is 33.8 Å². The first-order chi connectivity index (χ1) is 7.68. The van der Waals surface area contributed by atoms with Crippen molar-refractivity contribution >= 4 is 0 Å². The number of hydrogen-bond acceptors (Lipinski definition) is 4. The second-order valence-electron chi connectivity index (χ2n) is 4.04. The van der Waals surface area contributed by atoms with Gasteiger partial charge in [-0.2, -0.15) is 0 Å². The maximum atomic E-state index is 6.00. The minimum Gasteiger partial charge on any atom is -0.339 e.